The molecule has 1 rings (SSSR count). The Labute approximate surface area is 93.7 Å². The van der Waals surface area contributed by atoms with Crippen LogP contribution in [0.2, 0.25) is 0 Å². The molecule has 0 saturated heterocycles. The summed E-state index contributed by atoms with van der Waals surface area (Å²) in [4.78, 5) is 14.8. The van der Waals surface area contributed by atoms with Gasteiger partial charge >= 0.3 is 5.97 Å². The number of anilines is 1. The van der Waals surface area contributed by atoms with Crippen molar-refractivity contribution in [2.24, 2.45) is 5.92 Å². The highest BCUT2D eigenvalue weighted by Crippen LogP contribution is 2.13. The summed E-state index contributed by atoms with van der Waals surface area (Å²) >= 11 is 0. The zero-order chi connectivity index (χ0) is 12.1. The van der Waals surface area contributed by atoms with E-state index in [1.165, 1.54) is 12.3 Å². The molecule has 2 N–H and O–H groups in total. The van der Waals surface area contributed by atoms with E-state index in [2.05, 4.69) is 10.3 Å². The van der Waals surface area contributed by atoms with Crippen LogP contribution in [0, 0.1) is 17.2 Å². The molecule has 5 nitrogen and oxygen atoms in total. The van der Waals surface area contributed by atoms with E-state index in [-0.39, 0.29) is 11.6 Å². The smallest absolute Gasteiger partial charge is 0.326 e. The van der Waals surface area contributed by atoms with Crippen LogP contribution in [0.1, 0.15) is 19.5 Å². The van der Waals surface area contributed by atoms with Crippen LogP contribution in [0.25, 0.3) is 0 Å². The number of hydrogen-bond donors (Lipinski definition) is 2. The van der Waals surface area contributed by atoms with Gasteiger partial charge in [-0.05, 0) is 18.1 Å². The molecule has 0 aromatic carbocycles. The van der Waals surface area contributed by atoms with Gasteiger partial charge in [-0.3, -0.25) is 0 Å². The predicted molar refractivity (Wildman–Crippen MR) is 58.8 cm³/mol. The molecule has 0 amide bonds. The van der Waals surface area contributed by atoms with Crippen LogP contribution < -0.4 is 5.32 Å². The van der Waals surface area contributed by atoms with Gasteiger partial charge in [0.15, 0.2) is 0 Å². The average Bonchev–Trinajstić information content (AvgIpc) is 2.25. The minimum atomic E-state index is -0.912. The standard InChI is InChI=1S/C11H13N3O2/c1-7(2)10(11(15)16)14-8-3-4-13-9(5-8)6-12/h3-5,7,10H,1-2H3,(H,13,14)(H,15,16)/t10-/m0/s1. The van der Waals surface area contributed by atoms with Crippen molar-refractivity contribution in [1.29, 1.82) is 5.26 Å². The maximum Gasteiger partial charge on any atom is 0.326 e. The largest absolute Gasteiger partial charge is 0.480 e. The molecule has 0 fully saturated rings. The van der Waals surface area contributed by atoms with Gasteiger partial charge in [0, 0.05) is 11.9 Å². The highest BCUT2D eigenvalue weighted by molar-refractivity contribution is 5.77. The SMILES string of the molecule is CC(C)[C@H](Nc1ccnc(C#N)c1)C(=O)O. The van der Waals surface area contributed by atoms with Gasteiger partial charge in [0.25, 0.3) is 0 Å². The highest BCUT2D eigenvalue weighted by atomic mass is 16.4. The Morgan fingerprint density at radius 1 is 1.62 bits per heavy atom. The zero-order valence-corrected chi connectivity index (χ0v) is 9.14. The Kier molecular flexibility index (Phi) is 3.84. The minimum Gasteiger partial charge on any atom is -0.480 e. The van der Waals surface area contributed by atoms with Crippen molar-refractivity contribution < 1.29 is 9.90 Å². The topological polar surface area (TPSA) is 86.0 Å². The second-order valence-electron chi connectivity index (χ2n) is 3.75. The van der Waals surface area contributed by atoms with Crippen molar-refractivity contribution in [1.82, 2.24) is 4.98 Å². The van der Waals surface area contributed by atoms with E-state index in [1.54, 1.807) is 6.07 Å². The van der Waals surface area contributed by atoms with Crippen LogP contribution in [0.15, 0.2) is 18.3 Å². The van der Waals surface area contributed by atoms with Crippen molar-refractivity contribution in [2.45, 2.75) is 19.9 Å². The van der Waals surface area contributed by atoms with Gasteiger partial charge in [0.1, 0.15) is 17.8 Å². The molecule has 0 unspecified atom stereocenters. The van der Waals surface area contributed by atoms with E-state index < -0.39 is 12.0 Å². The molecule has 0 aliphatic heterocycles. The molecule has 1 atom stereocenters. The summed E-state index contributed by atoms with van der Waals surface area (Å²) in [6.07, 6.45) is 1.47. The normalized spacial score (nSPS) is 11.9. The number of nitrogens with zero attached hydrogens (tertiary/aromatic N) is 2. The van der Waals surface area contributed by atoms with Gasteiger partial charge in [-0.25, -0.2) is 9.78 Å². The molecular weight excluding hydrogens is 206 g/mol. The number of nitrogens with one attached hydrogen (secondary N) is 1. The molecule has 84 valence electrons. The lowest BCUT2D eigenvalue weighted by Crippen LogP contribution is -2.34. The lowest BCUT2D eigenvalue weighted by molar-refractivity contribution is -0.138. The quantitative estimate of drug-likeness (QED) is 0.800. The van der Waals surface area contributed by atoms with Crippen LogP contribution in [0.3, 0.4) is 0 Å². The second kappa shape index (κ2) is 5.12. The molecule has 0 aliphatic carbocycles. The van der Waals surface area contributed by atoms with E-state index >= 15 is 0 Å². The van der Waals surface area contributed by atoms with Gasteiger partial charge in [0.2, 0.25) is 0 Å². The lowest BCUT2D eigenvalue weighted by atomic mass is 10.0. The monoisotopic (exact) mass is 219 g/mol. The number of aromatic nitrogens is 1. The van der Waals surface area contributed by atoms with Crippen LogP contribution >= 0.6 is 0 Å². The van der Waals surface area contributed by atoms with Gasteiger partial charge in [-0.2, -0.15) is 5.26 Å². The van der Waals surface area contributed by atoms with E-state index in [0.717, 1.165) is 0 Å². The van der Waals surface area contributed by atoms with Gasteiger partial charge in [-0.15, -0.1) is 0 Å². The van der Waals surface area contributed by atoms with Crippen LogP contribution in [-0.2, 0) is 4.79 Å². The first-order valence-corrected chi connectivity index (χ1v) is 4.90. The van der Waals surface area contributed by atoms with E-state index in [0.29, 0.717) is 5.69 Å². The fourth-order valence-corrected chi connectivity index (χ4v) is 1.27. The summed E-state index contributed by atoms with van der Waals surface area (Å²) in [6, 6.07) is 4.39. The highest BCUT2D eigenvalue weighted by Gasteiger charge is 2.20. The number of nitriles is 1. The Hall–Kier alpha value is -2.09. The Bertz CT molecular complexity index is 423. The van der Waals surface area contributed by atoms with Gasteiger partial charge < -0.3 is 10.4 Å². The maximum absolute atomic E-state index is 11.0. The number of pyridine rings is 1. The van der Waals surface area contributed by atoms with Crippen LogP contribution in [-0.4, -0.2) is 22.1 Å². The lowest BCUT2D eigenvalue weighted by Gasteiger charge is -2.18. The first-order valence-electron chi connectivity index (χ1n) is 4.90. The van der Waals surface area contributed by atoms with E-state index in [9.17, 15) is 4.79 Å². The molecule has 16 heavy (non-hydrogen) atoms. The molecule has 1 aromatic heterocycles. The molecule has 1 heterocycles. The van der Waals surface area contributed by atoms with Crippen molar-refractivity contribution in [3.05, 3.63) is 24.0 Å². The Balaban J connectivity index is 2.86. The van der Waals surface area contributed by atoms with Crippen molar-refractivity contribution in [2.75, 3.05) is 5.32 Å². The van der Waals surface area contributed by atoms with Gasteiger partial charge in [-0.1, -0.05) is 13.8 Å². The molecule has 0 aliphatic rings. The van der Waals surface area contributed by atoms with Crippen LogP contribution in [0.5, 0.6) is 0 Å². The number of rotatable bonds is 4. The van der Waals surface area contributed by atoms with Crippen molar-refractivity contribution in [3.8, 4) is 6.07 Å². The van der Waals surface area contributed by atoms with Crippen molar-refractivity contribution >= 4 is 11.7 Å². The molecule has 5 heteroatoms. The first kappa shape index (κ1) is 12.0. The van der Waals surface area contributed by atoms with E-state index in [1.807, 2.05) is 19.9 Å². The maximum atomic E-state index is 11.0. The summed E-state index contributed by atoms with van der Waals surface area (Å²) in [6.45, 7) is 3.64. The number of aliphatic carboxylic acids is 1. The third-order valence-corrected chi connectivity index (χ3v) is 2.13. The molecular formula is C11H13N3O2. The molecule has 0 radical (unpaired) electrons. The third-order valence-electron chi connectivity index (χ3n) is 2.13. The summed E-state index contributed by atoms with van der Waals surface area (Å²) < 4.78 is 0. The number of carbonyl (C=O) groups is 1. The van der Waals surface area contributed by atoms with Crippen LogP contribution in [0.4, 0.5) is 5.69 Å². The molecule has 0 saturated carbocycles. The fourth-order valence-electron chi connectivity index (χ4n) is 1.27. The Morgan fingerprint density at radius 3 is 2.81 bits per heavy atom. The third kappa shape index (κ3) is 2.95. The second-order valence-corrected chi connectivity index (χ2v) is 3.75. The number of carboxylic acids is 1. The number of carboxylic acid groups (broad SMARTS) is 1. The zero-order valence-electron chi connectivity index (χ0n) is 9.14. The van der Waals surface area contributed by atoms with Gasteiger partial charge in [0.05, 0.1) is 0 Å². The minimum absolute atomic E-state index is 0.0452. The van der Waals surface area contributed by atoms with E-state index in [4.69, 9.17) is 10.4 Å². The Morgan fingerprint density at radius 2 is 2.31 bits per heavy atom. The summed E-state index contributed by atoms with van der Waals surface area (Å²) in [5.74, 6) is -0.957. The fraction of sp³-hybridized carbons (Fsp3) is 0.364. The summed E-state index contributed by atoms with van der Waals surface area (Å²) in [7, 11) is 0. The number of hydrogen-bond acceptors (Lipinski definition) is 4. The average molecular weight is 219 g/mol. The van der Waals surface area contributed by atoms with Crippen molar-refractivity contribution in [3.63, 3.8) is 0 Å². The molecule has 0 spiro atoms. The predicted octanol–water partition coefficient (Wildman–Crippen LogP) is 1.47. The molecule has 1 aromatic rings. The summed E-state index contributed by atoms with van der Waals surface area (Å²) in [5.41, 5.74) is 0.852. The summed E-state index contributed by atoms with van der Waals surface area (Å²) in [5, 5.41) is 20.5. The first-order chi connectivity index (χ1) is 7.54. The molecule has 0 bridgehead atoms.